The zero-order chi connectivity index (χ0) is 15.4. The monoisotopic (exact) mass is 293 g/mol. The number of rotatable bonds is 5. The summed E-state index contributed by atoms with van der Waals surface area (Å²) in [4.78, 5) is 4.81. The third-order valence-electron chi connectivity index (χ3n) is 4.52. The Morgan fingerprint density at radius 2 is 2.05 bits per heavy atom. The molecule has 1 aliphatic heterocycles. The van der Waals surface area contributed by atoms with Crippen molar-refractivity contribution in [2.45, 2.75) is 45.2 Å². The Morgan fingerprint density at radius 3 is 2.62 bits per heavy atom. The molecule has 0 spiro atoms. The van der Waals surface area contributed by atoms with Gasteiger partial charge in [-0.15, -0.1) is 0 Å². The van der Waals surface area contributed by atoms with E-state index in [1.165, 1.54) is 12.8 Å². The van der Waals surface area contributed by atoms with Crippen LogP contribution in [0.1, 0.15) is 32.3 Å². The Balaban J connectivity index is 2.13. The van der Waals surface area contributed by atoms with Crippen molar-refractivity contribution >= 4 is 5.69 Å². The van der Waals surface area contributed by atoms with Gasteiger partial charge in [0.2, 0.25) is 0 Å². The SMILES string of the molecule is CCN1CCC(N(C)c2ccc(F)cc2CC(C)N)CC1. The second-order valence-electron chi connectivity index (χ2n) is 6.23. The quantitative estimate of drug-likeness (QED) is 0.906. The summed E-state index contributed by atoms with van der Waals surface area (Å²) in [6.07, 6.45) is 3.05. The molecule has 2 N–H and O–H groups in total. The van der Waals surface area contributed by atoms with Gasteiger partial charge in [0.05, 0.1) is 0 Å². The molecule has 1 unspecified atom stereocenters. The fourth-order valence-corrected chi connectivity index (χ4v) is 3.23. The summed E-state index contributed by atoms with van der Waals surface area (Å²) < 4.78 is 13.5. The van der Waals surface area contributed by atoms with Crippen molar-refractivity contribution in [3.8, 4) is 0 Å². The van der Waals surface area contributed by atoms with Crippen molar-refractivity contribution in [1.82, 2.24) is 4.90 Å². The molecule has 118 valence electrons. The van der Waals surface area contributed by atoms with Crippen molar-refractivity contribution in [3.05, 3.63) is 29.6 Å². The second-order valence-corrected chi connectivity index (χ2v) is 6.23. The third-order valence-corrected chi connectivity index (χ3v) is 4.52. The van der Waals surface area contributed by atoms with Gasteiger partial charge in [-0.05, 0) is 56.5 Å². The van der Waals surface area contributed by atoms with E-state index < -0.39 is 0 Å². The van der Waals surface area contributed by atoms with E-state index in [1.54, 1.807) is 12.1 Å². The topological polar surface area (TPSA) is 32.5 Å². The molecule has 1 fully saturated rings. The van der Waals surface area contributed by atoms with Crippen molar-refractivity contribution in [1.29, 1.82) is 0 Å². The van der Waals surface area contributed by atoms with Crippen LogP contribution in [0.3, 0.4) is 0 Å². The molecule has 0 bridgehead atoms. The van der Waals surface area contributed by atoms with Gasteiger partial charge >= 0.3 is 0 Å². The van der Waals surface area contributed by atoms with E-state index >= 15 is 0 Å². The number of piperidine rings is 1. The normalized spacial score (nSPS) is 18.7. The van der Waals surface area contributed by atoms with Gasteiger partial charge in [-0.1, -0.05) is 6.92 Å². The van der Waals surface area contributed by atoms with Crippen molar-refractivity contribution in [2.75, 3.05) is 31.6 Å². The van der Waals surface area contributed by atoms with E-state index in [1.807, 2.05) is 13.0 Å². The van der Waals surface area contributed by atoms with Crippen molar-refractivity contribution in [2.24, 2.45) is 5.73 Å². The molecule has 1 heterocycles. The maximum absolute atomic E-state index is 13.5. The first-order valence-electron chi connectivity index (χ1n) is 8.00. The summed E-state index contributed by atoms with van der Waals surface area (Å²) in [5.74, 6) is -0.177. The molecule has 21 heavy (non-hydrogen) atoms. The molecule has 1 saturated heterocycles. The van der Waals surface area contributed by atoms with Crippen molar-refractivity contribution in [3.63, 3.8) is 0 Å². The van der Waals surface area contributed by atoms with Gasteiger partial charge in [0.1, 0.15) is 5.82 Å². The smallest absolute Gasteiger partial charge is 0.123 e. The predicted molar refractivity (Wildman–Crippen MR) is 87.3 cm³/mol. The molecule has 0 aliphatic carbocycles. The number of halogens is 1. The van der Waals surface area contributed by atoms with Gasteiger partial charge in [-0.25, -0.2) is 4.39 Å². The number of nitrogens with two attached hydrogens (primary N) is 1. The minimum absolute atomic E-state index is 0.0425. The van der Waals surface area contributed by atoms with Gasteiger partial charge in [0.15, 0.2) is 0 Å². The molecule has 1 aliphatic rings. The number of hydrogen-bond donors (Lipinski definition) is 1. The zero-order valence-electron chi connectivity index (χ0n) is 13.5. The summed E-state index contributed by atoms with van der Waals surface area (Å²) >= 11 is 0. The fraction of sp³-hybridized carbons (Fsp3) is 0.647. The van der Waals surface area contributed by atoms with Gasteiger partial charge in [0, 0.05) is 37.9 Å². The Hall–Kier alpha value is -1.13. The van der Waals surface area contributed by atoms with Crippen LogP contribution in [0.2, 0.25) is 0 Å². The number of hydrogen-bond acceptors (Lipinski definition) is 3. The van der Waals surface area contributed by atoms with Crippen LogP contribution in [0.5, 0.6) is 0 Å². The lowest BCUT2D eigenvalue weighted by molar-refractivity contribution is 0.221. The molecule has 1 atom stereocenters. The van der Waals surface area contributed by atoms with Crippen LogP contribution in [0.25, 0.3) is 0 Å². The lowest BCUT2D eigenvalue weighted by atomic mass is 9.99. The summed E-state index contributed by atoms with van der Waals surface area (Å²) in [6, 6.07) is 5.67. The maximum Gasteiger partial charge on any atom is 0.123 e. The van der Waals surface area contributed by atoms with Crippen LogP contribution in [0.15, 0.2) is 18.2 Å². The number of likely N-dealkylation sites (tertiary alicyclic amines) is 1. The molecule has 4 heteroatoms. The minimum Gasteiger partial charge on any atom is -0.371 e. The van der Waals surface area contributed by atoms with Gasteiger partial charge < -0.3 is 15.5 Å². The highest BCUT2D eigenvalue weighted by Gasteiger charge is 2.23. The molecular formula is C17H28FN3. The van der Waals surface area contributed by atoms with E-state index in [-0.39, 0.29) is 11.9 Å². The zero-order valence-corrected chi connectivity index (χ0v) is 13.5. The van der Waals surface area contributed by atoms with E-state index in [4.69, 9.17) is 5.73 Å². The lowest BCUT2D eigenvalue weighted by Crippen LogP contribution is -2.43. The summed E-state index contributed by atoms with van der Waals surface area (Å²) in [5, 5.41) is 0. The molecule has 0 saturated carbocycles. The second kappa shape index (κ2) is 7.23. The third kappa shape index (κ3) is 4.17. The average molecular weight is 293 g/mol. The van der Waals surface area contributed by atoms with E-state index in [2.05, 4.69) is 23.8 Å². The first kappa shape index (κ1) is 16.2. The Morgan fingerprint density at radius 1 is 1.38 bits per heavy atom. The standard InChI is InChI=1S/C17H28FN3/c1-4-21-9-7-16(8-10-21)20(3)17-6-5-15(18)12-14(17)11-13(2)19/h5-6,12-13,16H,4,7-11,19H2,1-3H3. The van der Waals surface area contributed by atoms with E-state index in [0.717, 1.165) is 30.9 Å². The molecule has 1 aromatic rings. The van der Waals surface area contributed by atoms with Crippen molar-refractivity contribution < 1.29 is 4.39 Å². The first-order valence-corrected chi connectivity index (χ1v) is 8.00. The van der Waals surface area contributed by atoms with Crippen LogP contribution < -0.4 is 10.6 Å². The molecule has 1 aromatic carbocycles. The predicted octanol–water partition coefficient (Wildman–Crippen LogP) is 2.64. The fourth-order valence-electron chi connectivity index (χ4n) is 3.23. The van der Waals surface area contributed by atoms with Gasteiger partial charge in [-0.2, -0.15) is 0 Å². The molecule has 0 amide bonds. The van der Waals surface area contributed by atoms with E-state index in [0.29, 0.717) is 12.5 Å². The van der Waals surface area contributed by atoms with Crippen LogP contribution in [0, 0.1) is 5.82 Å². The molecule has 0 aromatic heterocycles. The van der Waals surface area contributed by atoms with E-state index in [9.17, 15) is 4.39 Å². The van der Waals surface area contributed by atoms with Crippen LogP contribution in [0.4, 0.5) is 10.1 Å². The largest absolute Gasteiger partial charge is 0.371 e. The summed E-state index contributed by atoms with van der Waals surface area (Å²) in [7, 11) is 2.13. The van der Waals surface area contributed by atoms with Crippen LogP contribution in [-0.4, -0.2) is 43.7 Å². The average Bonchev–Trinajstić information content (AvgIpc) is 2.46. The number of benzene rings is 1. The summed E-state index contributed by atoms with van der Waals surface area (Å²) in [6.45, 7) is 7.60. The first-order chi connectivity index (χ1) is 10.0. The molecule has 2 rings (SSSR count). The highest BCUT2D eigenvalue weighted by molar-refractivity contribution is 5.54. The van der Waals surface area contributed by atoms with Crippen LogP contribution in [-0.2, 0) is 6.42 Å². The number of nitrogens with zero attached hydrogens (tertiary/aromatic N) is 2. The highest BCUT2D eigenvalue weighted by Crippen LogP contribution is 2.27. The Kier molecular flexibility index (Phi) is 5.59. The minimum atomic E-state index is -0.177. The highest BCUT2D eigenvalue weighted by atomic mass is 19.1. The summed E-state index contributed by atoms with van der Waals surface area (Å²) in [5.41, 5.74) is 8.06. The number of anilines is 1. The maximum atomic E-state index is 13.5. The van der Waals surface area contributed by atoms with Gasteiger partial charge in [0.25, 0.3) is 0 Å². The van der Waals surface area contributed by atoms with Crippen LogP contribution >= 0.6 is 0 Å². The lowest BCUT2D eigenvalue weighted by Gasteiger charge is -2.38. The molecule has 0 radical (unpaired) electrons. The van der Waals surface area contributed by atoms with Gasteiger partial charge in [-0.3, -0.25) is 0 Å². The Bertz CT molecular complexity index is 453. The molecular weight excluding hydrogens is 265 g/mol. The molecule has 3 nitrogen and oxygen atoms in total. The Labute approximate surface area is 127 Å².